The summed E-state index contributed by atoms with van der Waals surface area (Å²) in [6, 6.07) is 66.7. The van der Waals surface area contributed by atoms with Crippen LogP contribution in [0.5, 0.6) is 0 Å². The summed E-state index contributed by atoms with van der Waals surface area (Å²) in [5, 5.41) is 7.56. The predicted octanol–water partition coefficient (Wildman–Crippen LogP) is 13.8. The monoisotopic (exact) mass is 688 g/mol. The highest BCUT2D eigenvalue weighted by atomic mass is 15.1. The van der Waals surface area contributed by atoms with Crippen molar-refractivity contribution in [2.24, 2.45) is 0 Å². The second-order valence-electron chi connectivity index (χ2n) is 15.2. The van der Waals surface area contributed by atoms with Crippen molar-refractivity contribution >= 4 is 43.4 Å². The maximum atomic E-state index is 5.17. The van der Waals surface area contributed by atoms with E-state index in [1.807, 2.05) is 0 Å². The minimum Gasteiger partial charge on any atom is -0.292 e. The SMILES string of the molecule is CC1(C)c2ccccc2-c2cc3c(-c4ccc(-c5nc6ccccc6n5-c5ccccc5)cc4)c4cccc(-c5ccc6ccccc6c5)c4cc3cc21. The molecule has 0 bridgehead atoms. The van der Waals surface area contributed by atoms with Gasteiger partial charge in [-0.15, -0.1) is 0 Å². The van der Waals surface area contributed by atoms with Gasteiger partial charge in [-0.05, 0) is 125 Å². The maximum absolute atomic E-state index is 5.17. The number of nitrogens with zero attached hydrogens (tertiary/aromatic N) is 2. The predicted molar refractivity (Wildman–Crippen MR) is 227 cm³/mol. The molecule has 0 N–H and O–H groups in total. The normalized spacial score (nSPS) is 13.1. The molecule has 0 unspecified atom stereocenters. The van der Waals surface area contributed by atoms with Crippen LogP contribution in [0.4, 0.5) is 0 Å². The minimum absolute atomic E-state index is 0.0844. The van der Waals surface area contributed by atoms with E-state index in [1.54, 1.807) is 0 Å². The third-order valence-electron chi connectivity index (χ3n) is 11.8. The van der Waals surface area contributed by atoms with E-state index in [9.17, 15) is 0 Å². The summed E-state index contributed by atoms with van der Waals surface area (Å²) in [6.07, 6.45) is 0. The summed E-state index contributed by atoms with van der Waals surface area (Å²) >= 11 is 0. The largest absolute Gasteiger partial charge is 0.292 e. The van der Waals surface area contributed by atoms with Crippen LogP contribution in [0.1, 0.15) is 25.0 Å². The fourth-order valence-electron chi connectivity index (χ4n) is 9.10. The molecule has 1 heterocycles. The van der Waals surface area contributed by atoms with E-state index in [-0.39, 0.29) is 5.41 Å². The number of rotatable bonds is 4. The summed E-state index contributed by atoms with van der Waals surface area (Å²) in [6.45, 7) is 4.74. The summed E-state index contributed by atoms with van der Waals surface area (Å²) in [7, 11) is 0. The van der Waals surface area contributed by atoms with Crippen molar-refractivity contribution in [1.29, 1.82) is 0 Å². The molecule has 0 atom stereocenters. The Hall–Kier alpha value is -6.77. The van der Waals surface area contributed by atoms with Gasteiger partial charge in [-0.1, -0.05) is 147 Å². The topological polar surface area (TPSA) is 17.8 Å². The lowest BCUT2D eigenvalue weighted by atomic mass is 9.81. The van der Waals surface area contributed by atoms with Crippen molar-refractivity contribution in [3.8, 4) is 50.5 Å². The van der Waals surface area contributed by atoms with Gasteiger partial charge in [0.1, 0.15) is 5.82 Å². The molecule has 11 rings (SSSR count). The number of benzene rings is 9. The molecule has 0 spiro atoms. The number of imidazole rings is 1. The first-order valence-electron chi connectivity index (χ1n) is 18.8. The number of hydrogen-bond donors (Lipinski definition) is 0. The van der Waals surface area contributed by atoms with Gasteiger partial charge in [0.25, 0.3) is 0 Å². The lowest BCUT2D eigenvalue weighted by molar-refractivity contribution is 0.661. The fourth-order valence-corrected chi connectivity index (χ4v) is 9.10. The summed E-state index contributed by atoms with van der Waals surface area (Å²) in [5.74, 6) is 0.937. The quantitative estimate of drug-likeness (QED) is 0.168. The van der Waals surface area contributed by atoms with Crippen molar-refractivity contribution in [1.82, 2.24) is 9.55 Å². The summed E-state index contributed by atoms with van der Waals surface area (Å²) in [5.41, 5.74) is 14.6. The molecular weight excluding hydrogens is 653 g/mol. The molecule has 54 heavy (non-hydrogen) atoms. The van der Waals surface area contributed by atoms with E-state index in [2.05, 4.69) is 200 Å². The average Bonchev–Trinajstić information content (AvgIpc) is 3.71. The van der Waals surface area contributed by atoms with Gasteiger partial charge in [0, 0.05) is 16.7 Å². The van der Waals surface area contributed by atoms with Crippen LogP contribution in [-0.4, -0.2) is 9.55 Å². The minimum atomic E-state index is -0.0844. The number of para-hydroxylation sites is 3. The van der Waals surface area contributed by atoms with Crippen molar-refractivity contribution in [2.75, 3.05) is 0 Å². The highest BCUT2D eigenvalue weighted by Gasteiger charge is 2.35. The Morgan fingerprint density at radius 2 is 1.13 bits per heavy atom. The molecular formula is C52H36N2. The second-order valence-corrected chi connectivity index (χ2v) is 15.2. The Labute approximate surface area is 314 Å². The molecule has 0 fully saturated rings. The molecule has 1 aromatic heterocycles. The van der Waals surface area contributed by atoms with Crippen LogP contribution >= 0.6 is 0 Å². The van der Waals surface area contributed by atoms with Crippen molar-refractivity contribution < 1.29 is 0 Å². The second kappa shape index (κ2) is 11.6. The molecule has 0 amide bonds. The van der Waals surface area contributed by atoms with Gasteiger partial charge in [0.15, 0.2) is 0 Å². The molecule has 2 nitrogen and oxygen atoms in total. The Bertz CT molecular complexity index is 3110. The van der Waals surface area contributed by atoms with Crippen LogP contribution in [-0.2, 0) is 5.41 Å². The zero-order valence-electron chi connectivity index (χ0n) is 30.2. The Kier molecular flexibility index (Phi) is 6.63. The molecule has 10 aromatic rings. The molecule has 1 aliphatic carbocycles. The van der Waals surface area contributed by atoms with Gasteiger partial charge in [-0.2, -0.15) is 0 Å². The third kappa shape index (κ3) is 4.56. The van der Waals surface area contributed by atoms with Crippen LogP contribution in [0.3, 0.4) is 0 Å². The average molecular weight is 689 g/mol. The van der Waals surface area contributed by atoms with Crippen molar-refractivity contribution in [3.05, 3.63) is 193 Å². The van der Waals surface area contributed by atoms with Crippen LogP contribution in [0.2, 0.25) is 0 Å². The molecule has 0 radical (unpaired) electrons. The lowest BCUT2D eigenvalue weighted by Gasteiger charge is -2.22. The smallest absolute Gasteiger partial charge is 0.145 e. The van der Waals surface area contributed by atoms with Gasteiger partial charge >= 0.3 is 0 Å². The molecule has 2 heteroatoms. The van der Waals surface area contributed by atoms with E-state index in [4.69, 9.17) is 4.98 Å². The Morgan fingerprint density at radius 3 is 2.00 bits per heavy atom. The molecule has 9 aromatic carbocycles. The maximum Gasteiger partial charge on any atom is 0.145 e. The number of aromatic nitrogens is 2. The van der Waals surface area contributed by atoms with E-state index in [0.29, 0.717) is 0 Å². The van der Waals surface area contributed by atoms with Gasteiger partial charge in [0.05, 0.1) is 11.0 Å². The first-order chi connectivity index (χ1) is 26.5. The standard InChI is InChI=1S/C52H36N2/c1-52(2)46-20-9-8-17-41(46)45-32-43-38(31-47(45)52)30-44-40(37-28-23-33-13-6-7-14-36(33)29-37)18-12-19-42(44)50(43)34-24-26-35(27-25-34)51-53-48-21-10-11-22-49(48)54(51)39-15-4-3-5-16-39/h3-32H,1-2H3. The highest BCUT2D eigenvalue weighted by Crippen LogP contribution is 2.52. The first-order valence-corrected chi connectivity index (χ1v) is 18.8. The van der Waals surface area contributed by atoms with E-state index < -0.39 is 0 Å². The molecule has 1 aliphatic rings. The third-order valence-corrected chi connectivity index (χ3v) is 11.8. The van der Waals surface area contributed by atoms with Crippen LogP contribution in [0.15, 0.2) is 182 Å². The molecule has 0 aliphatic heterocycles. The van der Waals surface area contributed by atoms with Gasteiger partial charge in [-0.3, -0.25) is 4.57 Å². The van der Waals surface area contributed by atoms with Crippen LogP contribution in [0, 0.1) is 0 Å². The van der Waals surface area contributed by atoms with Gasteiger partial charge in [0.2, 0.25) is 0 Å². The fraction of sp³-hybridized carbons (Fsp3) is 0.0577. The van der Waals surface area contributed by atoms with E-state index in [0.717, 1.165) is 28.1 Å². The Morgan fingerprint density at radius 1 is 0.426 bits per heavy atom. The van der Waals surface area contributed by atoms with Gasteiger partial charge < -0.3 is 0 Å². The summed E-state index contributed by atoms with van der Waals surface area (Å²) < 4.78 is 2.27. The Balaban J connectivity index is 1.16. The van der Waals surface area contributed by atoms with E-state index in [1.165, 1.54) is 76.8 Å². The van der Waals surface area contributed by atoms with Gasteiger partial charge in [-0.25, -0.2) is 4.98 Å². The summed E-state index contributed by atoms with van der Waals surface area (Å²) in [4.78, 5) is 5.17. The first kappa shape index (κ1) is 30.8. The lowest BCUT2D eigenvalue weighted by Crippen LogP contribution is -2.14. The van der Waals surface area contributed by atoms with E-state index >= 15 is 0 Å². The number of hydrogen-bond acceptors (Lipinski definition) is 1. The van der Waals surface area contributed by atoms with Crippen LogP contribution in [0.25, 0.3) is 93.8 Å². The molecule has 0 saturated heterocycles. The molecule has 254 valence electrons. The molecule has 0 saturated carbocycles. The highest BCUT2D eigenvalue weighted by molar-refractivity contribution is 6.17. The zero-order valence-corrected chi connectivity index (χ0v) is 30.2. The van der Waals surface area contributed by atoms with Crippen molar-refractivity contribution in [3.63, 3.8) is 0 Å². The zero-order chi connectivity index (χ0) is 36.0. The van der Waals surface area contributed by atoms with Crippen molar-refractivity contribution in [2.45, 2.75) is 19.3 Å². The number of fused-ring (bicyclic) bond motifs is 7. The van der Waals surface area contributed by atoms with Crippen LogP contribution < -0.4 is 0 Å².